The summed E-state index contributed by atoms with van der Waals surface area (Å²) in [6, 6.07) is 6.02. The average molecular weight is 422 g/mol. The number of rotatable bonds is 6. The van der Waals surface area contributed by atoms with E-state index in [1.807, 2.05) is 29.9 Å². The fourth-order valence-corrected chi connectivity index (χ4v) is 4.90. The van der Waals surface area contributed by atoms with Crippen molar-refractivity contribution in [2.45, 2.75) is 32.0 Å². The molecule has 1 saturated heterocycles. The van der Waals surface area contributed by atoms with Gasteiger partial charge in [0.15, 0.2) is 0 Å². The van der Waals surface area contributed by atoms with Crippen molar-refractivity contribution in [2.75, 3.05) is 32.1 Å². The maximum atomic E-state index is 13.3. The Morgan fingerprint density at radius 3 is 2.90 bits per heavy atom. The number of anilines is 1. The lowest BCUT2D eigenvalue weighted by Crippen LogP contribution is -2.48. The molecule has 2 bridgehead atoms. The van der Waals surface area contributed by atoms with Crippen molar-refractivity contribution in [1.82, 2.24) is 29.4 Å². The van der Waals surface area contributed by atoms with E-state index in [4.69, 9.17) is 4.74 Å². The van der Waals surface area contributed by atoms with Crippen molar-refractivity contribution in [3.8, 4) is 5.88 Å². The van der Waals surface area contributed by atoms with Crippen LogP contribution in [0.5, 0.6) is 5.88 Å². The van der Waals surface area contributed by atoms with E-state index in [1.54, 1.807) is 19.6 Å². The largest absolute Gasteiger partial charge is 0.481 e. The lowest BCUT2D eigenvalue weighted by Gasteiger charge is -2.43. The summed E-state index contributed by atoms with van der Waals surface area (Å²) in [5.74, 6) is 3.09. The summed E-state index contributed by atoms with van der Waals surface area (Å²) >= 11 is 0. The molecule has 2 atom stereocenters. The molecular weight excluding hydrogens is 394 g/mol. The van der Waals surface area contributed by atoms with E-state index in [-0.39, 0.29) is 5.56 Å². The first kappa shape index (κ1) is 19.7. The van der Waals surface area contributed by atoms with Crippen LogP contribution in [0.1, 0.15) is 29.4 Å². The van der Waals surface area contributed by atoms with Gasteiger partial charge in [-0.15, -0.1) is 0 Å². The Morgan fingerprint density at radius 1 is 1.19 bits per heavy atom. The minimum absolute atomic E-state index is 0.135. The highest BCUT2D eigenvalue weighted by molar-refractivity contribution is 5.43. The summed E-state index contributed by atoms with van der Waals surface area (Å²) in [4.78, 5) is 33.6. The first-order valence-corrected chi connectivity index (χ1v) is 10.6. The Morgan fingerprint density at radius 2 is 2.10 bits per heavy atom. The smallest absolute Gasteiger partial charge is 0.255 e. The molecule has 0 radical (unpaired) electrons. The van der Waals surface area contributed by atoms with E-state index in [0.717, 1.165) is 49.0 Å². The Kier molecular flexibility index (Phi) is 5.19. The van der Waals surface area contributed by atoms with E-state index in [2.05, 4.69) is 35.8 Å². The minimum atomic E-state index is 0.135. The van der Waals surface area contributed by atoms with Crippen LogP contribution in [0.15, 0.2) is 41.7 Å². The van der Waals surface area contributed by atoms with Gasteiger partial charge in [0.25, 0.3) is 5.56 Å². The highest BCUT2D eigenvalue weighted by Gasteiger charge is 2.35. The topological polar surface area (TPSA) is 92.2 Å². The lowest BCUT2D eigenvalue weighted by molar-refractivity contribution is 0.275. The van der Waals surface area contributed by atoms with E-state index >= 15 is 0 Å². The first-order chi connectivity index (χ1) is 15.1. The summed E-state index contributed by atoms with van der Waals surface area (Å²) in [7, 11) is 3.62. The molecule has 0 spiro atoms. The fourth-order valence-electron chi connectivity index (χ4n) is 4.90. The minimum Gasteiger partial charge on any atom is -0.481 e. The van der Waals surface area contributed by atoms with Gasteiger partial charge in [0.05, 0.1) is 13.7 Å². The number of pyridine rings is 1. The van der Waals surface area contributed by atoms with E-state index in [0.29, 0.717) is 30.8 Å². The van der Waals surface area contributed by atoms with E-state index < -0.39 is 0 Å². The zero-order chi connectivity index (χ0) is 21.4. The van der Waals surface area contributed by atoms with Gasteiger partial charge in [-0.05, 0) is 25.5 Å². The second-order valence-electron chi connectivity index (χ2n) is 8.53. The number of methoxy groups -OCH3 is 1. The van der Waals surface area contributed by atoms with Crippen LogP contribution in [0.2, 0.25) is 0 Å². The molecule has 5 heterocycles. The molecule has 0 amide bonds. The van der Waals surface area contributed by atoms with Crippen LogP contribution >= 0.6 is 0 Å². The van der Waals surface area contributed by atoms with Crippen molar-refractivity contribution >= 4 is 5.82 Å². The molecule has 3 aromatic heterocycles. The van der Waals surface area contributed by atoms with Crippen molar-refractivity contribution in [1.29, 1.82) is 0 Å². The van der Waals surface area contributed by atoms with Gasteiger partial charge in [0, 0.05) is 61.8 Å². The molecule has 9 heteroatoms. The van der Waals surface area contributed by atoms with Crippen molar-refractivity contribution < 1.29 is 4.74 Å². The van der Waals surface area contributed by atoms with Gasteiger partial charge in [-0.1, -0.05) is 6.07 Å². The predicted molar refractivity (Wildman–Crippen MR) is 116 cm³/mol. The summed E-state index contributed by atoms with van der Waals surface area (Å²) in [5.41, 5.74) is 2.09. The molecule has 2 aliphatic rings. The van der Waals surface area contributed by atoms with Crippen LogP contribution in [0.25, 0.3) is 0 Å². The summed E-state index contributed by atoms with van der Waals surface area (Å²) < 4.78 is 7.26. The number of H-pyrrole nitrogens is 1. The molecule has 162 valence electrons. The third-order valence-electron chi connectivity index (χ3n) is 6.26. The monoisotopic (exact) mass is 421 g/mol. The van der Waals surface area contributed by atoms with Crippen molar-refractivity contribution in [3.05, 3.63) is 64.4 Å². The number of piperidine rings is 1. The Bertz CT molecular complexity index is 1110. The number of aromatic nitrogens is 5. The van der Waals surface area contributed by atoms with Crippen LogP contribution in [-0.2, 0) is 19.6 Å². The quantitative estimate of drug-likeness (QED) is 0.647. The number of hydrogen-bond donors (Lipinski definition) is 1. The van der Waals surface area contributed by atoms with Gasteiger partial charge in [0.1, 0.15) is 18.0 Å². The third kappa shape index (κ3) is 3.93. The molecular formula is C22H27N7O2. The molecule has 2 aliphatic heterocycles. The number of hydrogen-bond acceptors (Lipinski definition) is 7. The zero-order valence-corrected chi connectivity index (χ0v) is 17.9. The van der Waals surface area contributed by atoms with Gasteiger partial charge in [0.2, 0.25) is 5.88 Å². The highest BCUT2D eigenvalue weighted by Crippen LogP contribution is 2.36. The fraction of sp³-hybridized carbons (Fsp3) is 0.455. The first-order valence-electron chi connectivity index (χ1n) is 10.6. The number of nitrogens with one attached hydrogen (secondary N) is 1. The van der Waals surface area contributed by atoms with Gasteiger partial charge < -0.3 is 19.2 Å². The molecule has 1 N–H and O–H groups in total. The van der Waals surface area contributed by atoms with Crippen LogP contribution in [0.4, 0.5) is 5.82 Å². The lowest BCUT2D eigenvalue weighted by atomic mass is 9.83. The van der Waals surface area contributed by atoms with Crippen molar-refractivity contribution in [2.24, 2.45) is 5.92 Å². The van der Waals surface area contributed by atoms with Gasteiger partial charge >= 0.3 is 0 Å². The Hall–Kier alpha value is -3.20. The summed E-state index contributed by atoms with van der Waals surface area (Å²) in [6.07, 6.45) is 6.21. The second kappa shape index (κ2) is 8.14. The molecule has 0 saturated carbocycles. The van der Waals surface area contributed by atoms with Crippen LogP contribution < -0.4 is 15.2 Å². The molecule has 5 rings (SSSR count). The molecule has 3 aromatic rings. The molecule has 0 aromatic carbocycles. The predicted octanol–water partition coefficient (Wildman–Crippen LogP) is 1.63. The van der Waals surface area contributed by atoms with E-state index in [9.17, 15) is 4.79 Å². The Labute approximate surface area is 180 Å². The molecule has 31 heavy (non-hydrogen) atoms. The zero-order valence-electron chi connectivity index (χ0n) is 17.9. The Balaban J connectivity index is 1.35. The van der Waals surface area contributed by atoms with Crippen LogP contribution in [0.3, 0.4) is 0 Å². The number of imidazole rings is 1. The average Bonchev–Trinajstić information content (AvgIpc) is 3.29. The number of aromatic amines is 1. The number of nitrogens with zero attached hydrogens (tertiary/aromatic N) is 6. The maximum Gasteiger partial charge on any atom is 0.255 e. The van der Waals surface area contributed by atoms with Crippen molar-refractivity contribution in [3.63, 3.8) is 0 Å². The normalized spacial score (nSPS) is 20.0. The molecule has 9 nitrogen and oxygen atoms in total. The molecule has 0 unspecified atom stereocenters. The van der Waals surface area contributed by atoms with Crippen LogP contribution in [0, 0.1) is 5.92 Å². The van der Waals surface area contributed by atoms with Gasteiger partial charge in [-0.3, -0.25) is 9.69 Å². The number of ether oxygens (including phenoxy) is 1. The molecule has 0 aliphatic carbocycles. The highest BCUT2D eigenvalue weighted by atomic mass is 16.5. The van der Waals surface area contributed by atoms with E-state index in [1.165, 1.54) is 0 Å². The van der Waals surface area contributed by atoms with Crippen LogP contribution in [-0.4, -0.2) is 56.6 Å². The third-order valence-corrected chi connectivity index (χ3v) is 6.26. The summed E-state index contributed by atoms with van der Waals surface area (Å²) in [5, 5.41) is 0. The standard InChI is InChI=1S/C22H27N7O2/c1-27(13-19-23-5-6-24-19)11-16-3-4-18-17-7-15(10-29(18)22(16)30)9-28(12-17)20-8-21(31-2)26-14-25-20/h3-6,8,14-15,17H,7,9-13H2,1-2H3,(H,23,24)/t15-,17+/m0/s1. The maximum absolute atomic E-state index is 13.3. The summed E-state index contributed by atoms with van der Waals surface area (Å²) in [6.45, 7) is 3.75. The molecule has 1 fully saturated rings. The van der Waals surface area contributed by atoms with Gasteiger partial charge in [-0.2, -0.15) is 0 Å². The van der Waals surface area contributed by atoms with Gasteiger partial charge in [-0.25, -0.2) is 15.0 Å². The number of fused-ring (bicyclic) bond motifs is 4. The SMILES string of the molecule is COc1cc(N2C[C@@H]3C[C@H](C2)c2ccc(CN(C)Cc4ncc[nH]4)c(=O)n2C3)ncn1. The second-order valence-corrected chi connectivity index (χ2v) is 8.53.